The Labute approximate surface area is 76.3 Å². The molecule has 0 heterocycles. The lowest BCUT2D eigenvalue weighted by Crippen LogP contribution is -2.00. The van der Waals surface area contributed by atoms with Crippen molar-refractivity contribution in [3.05, 3.63) is 22.9 Å². The molecule has 0 bridgehead atoms. The molecule has 0 rings (SSSR count). The van der Waals surface area contributed by atoms with Crippen LogP contribution in [-0.2, 0) is 0 Å². The predicted octanol–water partition coefficient (Wildman–Crippen LogP) is 3.38. The molecule has 0 aromatic carbocycles. The zero-order valence-electron chi connectivity index (χ0n) is 8.78. The Hall–Kier alpha value is -0.720. The lowest BCUT2D eigenvalue weighted by molar-refractivity contribution is 0.890. The van der Waals surface area contributed by atoms with Gasteiger partial charge in [-0.2, -0.15) is 0 Å². The van der Waals surface area contributed by atoms with Crippen molar-refractivity contribution in [2.45, 2.75) is 47.0 Å². The number of nitrogens with two attached hydrogens (primary N) is 1. The van der Waals surface area contributed by atoms with E-state index in [0.29, 0.717) is 0 Å². The first-order valence-corrected chi connectivity index (χ1v) is 4.75. The second-order valence-electron chi connectivity index (χ2n) is 3.22. The molecule has 0 fully saturated rings. The molecule has 0 aliphatic carbocycles. The van der Waals surface area contributed by atoms with Gasteiger partial charge in [0, 0.05) is 5.70 Å². The third-order valence-corrected chi connectivity index (χ3v) is 2.12. The van der Waals surface area contributed by atoms with Gasteiger partial charge < -0.3 is 5.73 Å². The first-order valence-electron chi connectivity index (χ1n) is 4.75. The molecule has 0 aliphatic rings. The topological polar surface area (TPSA) is 26.0 Å². The molecule has 1 heteroatoms. The average molecular weight is 167 g/mol. The zero-order valence-corrected chi connectivity index (χ0v) is 8.78. The molecule has 0 aromatic heterocycles. The fraction of sp³-hybridized carbons (Fsp3) is 0.636. The summed E-state index contributed by atoms with van der Waals surface area (Å²) < 4.78 is 0. The van der Waals surface area contributed by atoms with Gasteiger partial charge in [0.25, 0.3) is 0 Å². The summed E-state index contributed by atoms with van der Waals surface area (Å²) in [6.45, 7) is 8.56. The van der Waals surface area contributed by atoms with Crippen LogP contribution in [0.5, 0.6) is 0 Å². The Bertz CT molecular complexity index is 187. The normalized spacial score (nSPS) is 14.5. The summed E-state index contributed by atoms with van der Waals surface area (Å²) in [5.74, 6) is 0. The fourth-order valence-electron chi connectivity index (χ4n) is 1.18. The van der Waals surface area contributed by atoms with Crippen molar-refractivity contribution in [3.63, 3.8) is 0 Å². The molecule has 0 saturated heterocycles. The van der Waals surface area contributed by atoms with E-state index in [1.54, 1.807) is 0 Å². The van der Waals surface area contributed by atoms with Gasteiger partial charge in [0.05, 0.1) is 0 Å². The third kappa shape index (κ3) is 3.61. The summed E-state index contributed by atoms with van der Waals surface area (Å²) in [7, 11) is 0. The van der Waals surface area contributed by atoms with Crippen LogP contribution in [0.3, 0.4) is 0 Å². The third-order valence-electron chi connectivity index (χ3n) is 2.12. The summed E-state index contributed by atoms with van der Waals surface area (Å²) in [6.07, 6.45) is 5.45. The van der Waals surface area contributed by atoms with Gasteiger partial charge in [-0.15, -0.1) is 0 Å². The van der Waals surface area contributed by atoms with E-state index in [1.807, 2.05) is 0 Å². The van der Waals surface area contributed by atoms with Crippen LogP contribution < -0.4 is 5.73 Å². The standard InChI is InChI=1S/C11H21N/c1-5-7-9(3)10(4)11(12)8-6-2/h8H,5-7,12H2,1-4H3/b10-9-,11-8-. The highest BCUT2D eigenvalue weighted by Gasteiger charge is 1.97. The number of allylic oxidation sites excluding steroid dienone is 3. The summed E-state index contributed by atoms with van der Waals surface area (Å²) >= 11 is 0. The monoisotopic (exact) mass is 167 g/mol. The maximum atomic E-state index is 5.86. The van der Waals surface area contributed by atoms with Crippen molar-refractivity contribution in [3.8, 4) is 0 Å². The second-order valence-corrected chi connectivity index (χ2v) is 3.22. The van der Waals surface area contributed by atoms with E-state index in [2.05, 4.69) is 33.8 Å². The molecular formula is C11H21N. The highest BCUT2D eigenvalue weighted by atomic mass is 14.6. The molecule has 12 heavy (non-hydrogen) atoms. The van der Waals surface area contributed by atoms with Crippen LogP contribution in [0.1, 0.15) is 47.0 Å². The van der Waals surface area contributed by atoms with Crippen LogP contribution in [0.15, 0.2) is 22.9 Å². The Kier molecular flexibility index (Phi) is 5.52. The van der Waals surface area contributed by atoms with Crippen molar-refractivity contribution in [1.82, 2.24) is 0 Å². The smallest absolute Gasteiger partial charge is 0.0302 e. The molecular weight excluding hydrogens is 146 g/mol. The minimum absolute atomic E-state index is 0.948. The fourth-order valence-corrected chi connectivity index (χ4v) is 1.18. The first-order chi connectivity index (χ1) is 5.63. The highest BCUT2D eigenvalue weighted by molar-refractivity contribution is 5.30. The first kappa shape index (κ1) is 11.3. The molecule has 0 atom stereocenters. The maximum Gasteiger partial charge on any atom is 0.0302 e. The number of rotatable bonds is 4. The van der Waals surface area contributed by atoms with Crippen molar-refractivity contribution >= 4 is 0 Å². The van der Waals surface area contributed by atoms with Crippen LogP contribution >= 0.6 is 0 Å². The average Bonchev–Trinajstić information content (AvgIpc) is 2.04. The summed E-state index contributed by atoms with van der Waals surface area (Å²) in [6, 6.07) is 0. The summed E-state index contributed by atoms with van der Waals surface area (Å²) in [5.41, 5.74) is 9.49. The van der Waals surface area contributed by atoms with E-state index < -0.39 is 0 Å². The molecule has 0 radical (unpaired) electrons. The minimum Gasteiger partial charge on any atom is -0.399 e. The van der Waals surface area contributed by atoms with Gasteiger partial charge in [0.1, 0.15) is 0 Å². The van der Waals surface area contributed by atoms with E-state index in [9.17, 15) is 0 Å². The van der Waals surface area contributed by atoms with Gasteiger partial charge in [0.2, 0.25) is 0 Å². The second kappa shape index (κ2) is 5.87. The Balaban J connectivity index is 4.42. The zero-order chi connectivity index (χ0) is 9.56. The van der Waals surface area contributed by atoms with Gasteiger partial charge in [-0.25, -0.2) is 0 Å². The molecule has 2 N–H and O–H groups in total. The largest absolute Gasteiger partial charge is 0.399 e. The van der Waals surface area contributed by atoms with E-state index in [4.69, 9.17) is 5.73 Å². The van der Waals surface area contributed by atoms with Gasteiger partial charge in [-0.3, -0.25) is 0 Å². The van der Waals surface area contributed by atoms with Gasteiger partial charge in [0.15, 0.2) is 0 Å². The van der Waals surface area contributed by atoms with Crippen LogP contribution in [0, 0.1) is 0 Å². The van der Waals surface area contributed by atoms with Crippen molar-refractivity contribution in [1.29, 1.82) is 0 Å². The van der Waals surface area contributed by atoms with E-state index >= 15 is 0 Å². The Morgan fingerprint density at radius 1 is 1.25 bits per heavy atom. The van der Waals surface area contributed by atoms with Crippen LogP contribution in [-0.4, -0.2) is 0 Å². The molecule has 0 unspecified atom stereocenters. The van der Waals surface area contributed by atoms with E-state index in [0.717, 1.165) is 18.5 Å². The quantitative estimate of drug-likeness (QED) is 0.638. The molecule has 0 aliphatic heterocycles. The predicted molar refractivity (Wildman–Crippen MR) is 55.8 cm³/mol. The van der Waals surface area contributed by atoms with Gasteiger partial charge >= 0.3 is 0 Å². The lowest BCUT2D eigenvalue weighted by Gasteiger charge is -2.06. The Morgan fingerprint density at radius 3 is 2.25 bits per heavy atom. The summed E-state index contributed by atoms with van der Waals surface area (Å²) in [5, 5.41) is 0. The van der Waals surface area contributed by atoms with Crippen molar-refractivity contribution < 1.29 is 0 Å². The summed E-state index contributed by atoms with van der Waals surface area (Å²) in [4.78, 5) is 0. The van der Waals surface area contributed by atoms with Crippen molar-refractivity contribution in [2.75, 3.05) is 0 Å². The van der Waals surface area contributed by atoms with Gasteiger partial charge in [-0.1, -0.05) is 31.9 Å². The minimum atomic E-state index is 0.948. The van der Waals surface area contributed by atoms with E-state index in [-0.39, 0.29) is 0 Å². The molecule has 0 amide bonds. The van der Waals surface area contributed by atoms with E-state index in [1.165, 1.54) is 17.6 Å². The number of hydrogen-bond acceptors (Lipinski definition) is 1. The molecule has 1 nitrogen and oxygen atoms in total. The number of hydrogen-bond donors (Lipinski definition) is 1. The molecule has 0 aromatic rings. The molecule has 70 valence electrons. The van der Waals surface area contributed by atoms with Crippen LogP contribution in [0.4, 0.5) is 0 Å². The maximum absolute atomic E-state index is 5.86. The van der Waals surface area contributed by atoms with Crippen LogP contribution in [0.25, 0.3) is 0 Å². The molecule has 0 saturated carbocycles. The van der Waals surface area contributed by atoms with Gasteiger partial charge in [-0.05, 0) is 32.3 Å². The Morgan fingerprint density at radius 2 is 1.83 bits per heavy atom. The van der Waals surface area contributed by atoms with Crippen molar-refractivity contribution in [2.24, 2.45) is 5.73 Å². The lowest BCUT2D eigenvalue weighted by atomic mass is 10.0. The molecule has 0 spiro atoms. The SMILES string of the molecule is CC/C=C(N)/C(C)=C(/C)CCC. The van der Waals surface area contributed by atoms with Crippen LogP contribution in [0.2, 0.25) is 0 Å². The highest BCUT2D eigenvalue weighted by Crippen LogP contribution is 2.14.